The monoisotopic (exact) mass is 153 g/mol. The van der Waals surface area contributed by atoms with Gasteiger partial charge in [-0.05, 0) is 25.8 Å². The van der Waals surface area contributed by atoms with Crippen LogP contribution in [0.1, 0.15) is 33.6 Å². The number of hydrogen-bond acceptors (Lipinski definition) is 1. The molecule has 0 rings (SSSR count). The minimum Gasteiger partial charge on any atom is -0.324 e. The molecule has 11 heavy (non-hydrogen) atoms. The molecule has 0 saturated heterocycles. The SMILES string of the molecule is C=C/C(CCC)=C(/C)C(C)N. The van der Waals surface area contributed by atoms with Crippen molar-refractivity contribution in [3.8, 4) is 0 Å². The Morgan fingerprint density at radius 3 is 2.45 bits per heavy atom. The summed E-state index contributed by atoms with van der Waals surface area (Å²) in [5.41, 5.74) is 8.31. The molecule has 0 heterocycles. The summed E-state index contributed by atoms with van der Waals surface area (Å²) in [6.45, 7) is 10.0. The third kappa shape index (κ3) is 3.38. The van der Waals surface area contributed by atoms with Crippen molar-refractivity contribution in [3.63, 3.8) is 0 Å². The lowest BCUT2D eigenvalue weighted by Crippen LogP contribution is -2.17. The van der Waals surface area contributed by atoms with E-state index in [4.69, 9.17) is 5.73 Å². The fourth-order valence-electron chi connectivity index (χ4n) is 1.02. The van der Waals surface area contributed by atoms with E-state index in [1.54, 1.807) is 0 Å². The molecule has 1 nitrogen and oxygen atoms in total. The van der Waals surface area contributed by atoms with E-state index in [1.807, 2.05) is 13.0 Å². The van der Waals surface area contributed by atoms with Crippen molar-refractivity contribution in [1.82, 2.24) is 0 Å². The minimum absolute atomic E-state index is 0.162. The van der Waals surface area contributed by atoms with Gasteiger partial charge in [-0.15, -0.1) is 0 Å². The number of nitrogens with two attached hydrogens (primary N) is 1. The van der Waals surface area contributed by atoms with Gasteiger partial charge in [-0.2, -0.15) is 0 Å². The Kier molecular flexibility index (Phi) is 4.88. The lowest BCUT2D eigenvalue weighted by Gasteiger charge is -2.10. The molecule has 1 heteroatoms. The third-order valence-electron chi connectivity index (χ3n) is 1.96. The topological polar surface area (TPSA) is 26.0 Å². The quantitative estimate of drug-likeness (QED) is 0.617. The molecule has 0 aromatic carbocycles. The van der Waals surface area contributed by atoms with E-state index in [9.17, 15) is 0 Å². The molecule has 0 aliphatic heterocycles. The molecule has 0 spiro atoms. The smallest absolute Gasteiger partial charge is 0.0227 e. The van der Waals surface area contributed by atoms with Crippen molar-refractivity contribution in [2.24, 2.45) is 5.73 Å². The summed E-state index contributed by atoms with van der Waals surface area (Å²) < 4.78 is 0. The fourth-order valence-corrected chi connectivity index (χ4v) is 1.02. The van der Waals surface area contributed by atoms with Gasteiger partial charge in [0.1, 0.15) is 0 Å². The van der Waals surface area contributed by atoms with Crippen LogP contribution in [0.5, 0.6) is 0 Å². The van der Waals surface area contributed by atoms with Crippen LogP contribution in [0.2, 0.25) is 0 Å². The maximum absolute atomic E-state index is 5.74. The molecule has 0 amide bonds. The van der Waals surface area contributed by atoms with Gasteiger partial charge in [-0.3, -0.25) is 0 Å². The van der Waals surface area contributed by atoms with E-state index in [1.165, 1.54) is 11.1 Å². The molecule has 0 aromatic rings. The van der Waals surface area contributed by atoms with Crippen LogP contribution in [0.3, 0.4) is 0 Å². The highest BCUT2D eigenvalue weighted by molar-refractivity contribution is 5.25. The van der Waals surface area contributed by atoms with Crippen LogP contribution in [-0.2, 0) is 0 Å². The number of rotatable bonds is 4. The Balaban J connectivity index is 4.39. The second kappa shape index (κ2) is 5.14. The fraction of sp³-hybridized carbons (Fsp3) is 0.600. The van der Waals surface area contributed by atoms with Crippen LogP contribution in [0, 0.1) is 0 Å². The standard InChI is InChI=1S/C10H19N/c1-5-7-10(6-2)8(3)9(4)11/h6,9H,2,5,7,11H2,1,3-4H3/b10-8+. The molecule has 0 bridgehead atoms. The first-order valence-electron chi connectivity index (χ1n) is 4.21. The summed E-state index contributed by atoms with van der Waals surface area (Å²) >= 11 is 0. The Bertz CT molecular complexity index is 154. The van der Waals surface area contributed by atoms with E-state index >= 15 is 0 Å². The molecule has 64 valence electrons. The van der Waals surface area contributed by atoms with E-state index in [0.717, 1.165) is 12.8 Å². The molecule has 0 radical (unpaired) electrons. The highest BCUT2D eigenvalue weighted by Crippen LogP contribution is 2.13. The summed E-state index contributed by atoms with van der Waals surface area (Å²) in [6.07, 6.45) is 4.17. The first kappa shape index (κ1) is 10.4. The Morgan fingerprint density at radius 2 is 2.18 bits per heavy atom. The van der Waals surface area contributed by atoms with Crippen LogP contribution in [0.15, 0.2) is 23.8 Å². The Labute approximate surface area is 70.0 Å². The van der Waals surface area contributed by atoms with Crippen molar-refractivity contribution in [3.05, 3.63) is 23.8 Å². The molecular weight excluding hydrogens is 134 g/mol. The van der Waals surface area contributed by atoms with Gasteiger partial charge >= 0.3 is 0 Å². The first-order valence-corrected chi connectivity index (χ1v) is 4.21. The minimum atomic E-state index is 0.162. The zero-order chi connectivity index (χ0) is 8.85. The second-order valence-electron chi connectivity index (χ2n) is 2.95. The van der Waals surface area contributed by atoms with Gasteiger partial charge in [0.15, 0.2) is 0 Å². The zero-order valence-electron chi connectivity index (χ0n) is 7.85. The van der Waals surface area contributed by atoms with Crippen molar-refractivity contribution >= 4 is 0 Å². The van der Waals surface area contributed by atoms with Crippen LogP contribution < -0.4 is 5.73 Å². The van der Waals surface area contributed by atoms with Gasteiger partial charge in [0.05, 0.1) is 0 Å². The molecule has 1 unspecified atom stereocenters. The van der Waals surface area contributed by atoms with E-state index in [-0.39, 0.29) is 6.04 Å². The van der Waals surface area contributed by atoms with Crippen molar-refractivity contribution in [2.75, 3.05) is 0 Å². The largest absolute Gasteiger partial charge is 0.324 e. The lowest BCUT2D eigenvalue weighted by atomic mass is 10.0. The maximum Gasteiger partial charge on any atom is 0.0227 e. The second-order valence-corrected chi connectivity index (χ2v) is 2.95. The molecule has 0 aliphatic rings. The van der Waals surface area contributed by atoms with Crippen LogP contribution >= 0.6 is 0 Å². The van der Waals surface area contributed by atoms with Crippen LogP contribution in [0.4, 0.5) is 0 Å². The number of allylic oxidation sites excluding steroid dienone is 2. The predicted octanol–water partition coefficient (Wildman–Crippen LogP) is 2.64. The summed E-state index contributed by atoms with van der Waals surface area (Å²) in [6, 6.07) is 0.162. The normalized spacial score (nSPS) is 15.6. The van der Waals surface area contributed by atoms with E-state index < -0.39 is 0 Å². The molecule has 0 fully saturated rings. The van der Waals surface area contributed by atoms with Crippen LogP contribution in [0.25, 0.3) is 0 Å². The summed E-state index contributed by atoms with van der Waals surface area (Å²) in [4.78, 5) is 0. The van der Waals surface area contributed by atoms with E-state index in [2.05, 4.69) is 20.4 Å². The highest BCUT2D eigenvalue weighted by Gasteiger charge is 2.01. The molecule has 0 aromatic heterocycles. The Hall–Kier alpha value is -0.560. The maximum atomic E-state index is 5.74. The van der Waals surface area contributed by atoms with Crippen molar-refractivity contribution < 1.29 is 0 Å². The average Bonchev–Trinajstić information content (AvgIpc) is 1.98. The molecular formula is C10H19N. The lowest BCUT2D eigenvalue weighted by molar-refractivity contribution is 0.820. The van der Waals surface area contributed by atoms with Gasteiger partial charge < -0.3 is 5.73 Å². The van der Waals surface area contributed by atoms with Crippen LogP contribution in [-0.4, -0.2) is 6.04 Å². The third-order valence-corrected chi connectivity index (χ3v) is 1.96. The summed E-state index contributed by atoms with van der Waals surface area (Å²) in [5, 5.41) is 0. The predicted molar refractivity (Wildman–Crippen MR) is 51.5 cm³/mol. The number of hydrogen-bond donors (Lipinski definition) is 1. The van der Waals surface area contributed by atoms with Gasteiger partial charge in [0.2, 0.25) is 0 Å². The average molecular weight is 153 g/mol. The van der Waals surface area contributed by atoms with Crippen molar-refractivity contribution in [2.45, 2.75) is 39.7 Å². The first-order chi connectivity index (χ1) is 5.13. The molecule has 0 saturated carbocycles. The Morgan fingerprint density at radius 1 is 1.64 bits per heavy atom. The van der Waals surface area contributed by atoms with Gasteiger partial charge in [0, 0.05) is 6.04 Å². The van der Waals surface area contributed by atoms with Gasteiger partial charge in [-0.1, -0.05) is 31.6 Å². The van der Waals surface area contributed by atoms with Gasteiger partial charge in [0.25, 0.3) is 0 Å². The molecule has 1 atom stereocenters. The van der Waals surface area contributed by atoms with Crippen molar-refractivity contribution in [1.29, 1.82) is 0 Å². The molecule has 2 N–H and O–H groups in total. The van der Waals surface area contributed by atoms with Gasteiger partial charge in [-0.25, -0.2) is 0 Å². The summed E-state index contributed by atoms with van der Waals surface area (Å²) in [5.74, 6) is 0. The van der Waals surface area contributed by atoms with E-state index in [0.29, 0.717) is 0 Å². The molecule has 0 aliphatic carbocycles. The zero-order valence-corrected chi connectivity index (χ0v) is 7.85. The highest BCUT2D eigenvalue weighted by atomic mass is 14.6. The summed E-state index contributed by atoms with van der Waals surface area (Å²) in [7, 11) is 0.